The van der Waals surface area contributed by atoms with Crippen LogP contribution in [-0.4, -0.2) is 11.8 Å². The van der Waals surface area contributed by atoms with Crippen LogP contribution in [0.2, 0.25) is 0 Å². The first-order chi connectivity index (χ1) is 7.47. The standard InChI is InChI=1S/C13H20O3/c1-5-6-10-7-11(12(14)9(10)4)16-13(15)8(2)3/h7-10H,5-6H2,1-4H3. The number of hydrogen-bond acceptors (Lipinski definition) is 3. The third-order valence-electron chi connectivity index (χ3n) is 2.97. The number of ketones is 1. The second-order valence-electron chi connectivity index (χ2n) is 4.71. The van der Waals surface area contributed by atoms with Gasteiger partial charge in [0.2, 0.25) is 5.78 Å². The van der Waals surface area contributed by atoms with Gasteiger partial charge in [-0.3, -0.25) is 9.59 Å². The van der Waals surface area contributed by atoms with E-state index in [-0.39, 0.29) is 35.3 Å². The van der Waals surface area contributed by atoms with Crippen LogP contribution in [0.5, 0.6) is 0 Å². The highest BCUT2D eigenvalue weighted by molar-refractivity contribution is 5.99. The highest BCUT2D eigenvalue weighted by atomic mass is 16.5. The Morgan fingerprint density at radius 1 is 1.50 bits per heavy atom. The van der Waals surface area contributed by atoms with Gasteiger partial charge in [-0.05, 0) is 18.4 Å². The van der Waals surface area contributed by atoms with Gasteiger partial charge in [-0.25, -0.2) is 0 Å². The van der Waals surface area contributed by atoms with Crippen molar-refractivity contribution in [3.63, 3.8) is 0 Å². The van der Waals surface area contributed by atoms with Gasteiger partial charge < -0.3 is 4.74 Å². The van der Waals surface area contributed by atoms with E-state index in [0.29, 0.717) is 0 Å². The van der Waals surface area contributed by atoms with Gasteiger partial charge in [0, 0.05) is 5.92 Å². The molecule has 1 aliphatic rings. The lowest BCUT2D eigenvalue weighted by molar-refractivity contribution is -0.145. The Morgan fingerprint density at radius 3 is 2.62 bits per heavy atom. The van der Waals surface area contributed by atoms with E-state index in [4.69, 9.17) is 4.74 Å². The number of carbonyl (C=O) groups is 2. The van der Waals surface area contributed by atoms with Gasteiger partial charge in [-0.1, -0.05) is 34.1 Å². The number of ether oxygens (including phenoxy) is 1. The van der Waals surface area contributed by atoms with Crippen LogP contribution in [0.15, 0.2) is 11.8 Å². The van der Waals surface area contributed by atoms with Crippen LogP contribution < -0.4 is 0 Å². The molecule has 16 heavy (non-hydrogen) atoms. The summed E-state index contributed by atoms with van der Waals surface area (Å²) >= 11 is 0. The molecule has 0 amide bonds. The molecule has 0 spiro atoms. The Bertz CT molecular complexity index is 315. The van der Waals surface area contributed by atoms with Gasteiger partial charge >= 0.3 is 5.97 Å². The average Bonchev–Trinajstić information content (AvgIpc) is 2.47. The lowest BCUT2D eigenvalue weighted by Gasteiger charge is -2.10. The lowest BCUT2D eigenvalue weighted by atomic mass is 9.93. The minimum Gasteiger partial charge on any atom is -0.423 e. The molecule has 0 aliphatic heterocycles. The highest BCUT2D eigenvalue weighted by Gasteiger charge is 2.34. The van der Waals surface area contributed by atoms with Gasteiger partial charge in [-0.15, -0.1) is 0 Å². The predicted octanol–water partition coefficient (Wildman–Crippen LogP) is 2.70. The average molecular weight is 224 g/mol. The molecule has 90 valence electrons. The number of allylic oxidation sites excluding steroid dienone is 2. The molecule has 0 saturated heterocycles. The van der Waals surface area contributed by atoms with Crippen molar-refractivity contribution in [2.24, 2.45) is 17.8 Å². The zero-order valence-electron chi connectivity index (χ0n) is 10.4. The van der Waals surface area contributed by atoms with Crippen LogP contribution in [-0.2, 0) is 14.3 Å². The summed E-state index contributed by atoms with van der Waals surface area (Å²) in [4.78, 5) is 23.2. The fraction of sp³-hybridized carbons (Fsp3) is 0.692. The molecule has 0 aromatic rings. The number of Topliss-reactive ketones (excluding diaryl/α,β-unsaturated/α-hetero) is 1. The van der Waals surface area contributed by atoms with E-state index in [9.17, 15) is 9.59 Å². The Labute approximate surface area is 96.9 Å². The van der Waals surface area contributed by atoms with Gasteiger partial charge in [0.25, 0.3) is 0 Å². The second-order valence-corrected chi connectivity index (χ2v) is 4.71. The summed E-state index contributed by atoms with van der Waals surface area (Å²) < 4.78 is 5.10. The Balaban J connectivity index is 2.70. The third-order valence-corrected chi connectivity index (χ3v) is 2.97. The van der Waals surface area contributed by atoms with E-state index >= 15 is 0 Å². The normalized spacial score (nSPS) is 24.8. The molecule has 0 bridgehead atoms. The minimum atomic E-state index is -0.330. The number of rotatable bonds is 4. The van der Waals surface area contributed by atoms with Crippen LogP contribution in [0, 0.1) is 17.8 Å². The topological polar surface area (TPSA) is 43.4 Å². The van der Waals surface area contributed by atoms with Crippen molar-refractivity contribution in [1.82, 2.24) is 0 Å². The van der Waals surface area contributed by atoms with Crippen molar-refractivity contribution < 1.29 is 14.3 Å². The fourth-order valence-electron chi connectivity index (χ4n) is 1.82. The molecule has 3 heteroatoms. The summed E-state index contributed by atoms with van der Waals surface area (Å²) in [7, 11) is 0. The van der Waals surface area contributed by atoms with E-state index in [2.05, 4.69) is 6.92 Å². The molecule has 2 atom stereocenters. The summed E-state index contributed by atoms with van der Waals surface area (Å²) in [5, 5.41) is 0. The fourth-order valence-corrected chi connectivity index (χ4v) is 1.82. The van der Waals surface area contributed by atoms with Crippen LogP contribution in [0.25, 0.3) is 0 Å². The van der Waals surface area contributed by atoms with Crippen molar-refractivity contribution in [3.05, 3.63) is 11.8 Å². The van der Waals surface area contributed by atoms with Crippen LogP contribution in [0.4, 0.5) is 0 Å². The Hall–Kier alpha value is -1.12. The Kier molecular flexibility index (Phi) is 4.27. The van der Waals surface area contributed by atoms with Crippen LogP contribution in [0.3, 0.4) is 0 Å². The first-order valence-corrected chi connectivity index (χ1v) is 5.95. The van der Waals surface area contributed by atoms with Gasteiger partial charge in [0.05, 0.1) is 5.92 Å². The van der Waals surface area contributed by atoms with Gasteiger partial charge in [0.15, 0.2) is 5.76 Å². The Morgan fingerprint density at radius 2 is 2.12 bits per heavy atom. The highest BCUT2D eigenvalue weighted by Crippen LogP contribution is 2.31. The van der Waals surface area contributed by atoms with E-state index < -0.39 is 0 Å². The zero-order chi connectivity index (χ0) is 12.3. The molecule has 0 fully saturated rings. The summed E-state index contributed by atoms with van der Waals surface area (Å²) in [6.07, 6.45) is 3.82. The minimum absolute atomic E-state index is 0.0348. The number of hydrogen-bond donors (Lipinski definition) is 0. The molecule has 1 rings (SSSR count). The SMILES string of the molecule is CCCC1C=C(OC(=O)C(C)C)C(=O)C1C. The molecule has 0 saturated carbocycles. The molecular formula is C13H20O3. The lowest BCUT2D eigenvalue weighted by Crippen LogP contribution is -2.17. The second kappa shape index (κ2) is 5.28. The molecule has 0 N–H and O–H groups in total. The van der Waals surface area contributed by atoms with Crippen LogP contribution >= 0.6 is 0 Å². The van der Waals surface area contributed by atoms with Crippen LogP contribution in [0.1, 0.15) is 40.5 Å². The molecular weight excluding hydrogens is 204 g/mol. The van der Waals surface area contributed by atoms with Gasteiger partial charge in [0.1, 0.15) is 0 Å². The largest absolute Gasteiger partial charge is 0.423 e. The quantitative estimate of drug-likeness (QED) is 0.689. The first kappa shape index (κ1) is 12.9. The van der Waals surface area contributed by atoms with Gasteiger partial charge in [-0.2, -0.15) is 0 Å². The van der Waals surface area contributed by atoms with E-state index in [1.54, 1.807) is 13.8 Å². The predicted molar refractivity (Wildman–Crippen MR) is 61.6 cm³/mol. The van der Waals surface area contributed by atoms with Crippen molar-refractivity contribution in [1.29, 1.82) is 0 Å². The van der Waals surface area contributed by atoms with E-state index in [1.165, 1.54) is 0 Å². The zero-order valence-corrected chi connectivity index (χ0v) is 10.4. The van der Waals surface area contributed by atoms with Crippen molar-refractivity contribution in [2.45, 2.75) is 40.5 Å². The van der Waals surface area contributed by atoms with Crippen molar-refractivity contribution >= 4 is 11.8 Å². The first-order valence-electron chi connectivity index (χ1n) is 5.95. The molecule has 3 nitrogen and oxygen atoms in total. The molecule has 0 aromatic heterocycles. The molecule has 2 unspecified atom stereocenters. The maximum absolute atomic E-state index is 11.8. The summed E-state index contributed by atoms with van der Waals surface area (Å²) in [5.74, 6) is -0.127. The smallest absolute Gasteiger partial charge is 0.313 e. The van der Waals surface area contributed by atoms with E-state index in [1.807, 2.05) is 13.0 Å². The maximum Gasteiger partial charge on any atom is 0.313 e. The maximum atomic E-state index is 11.8. The summed E-state index contributed by atoms with van der Waals surface area (Å²) in [6.45, 7) is 7.50. The molecule has 1 aliphatic carbocycles. The number of esters is 1. The molecule has 0 radical (unpaired) electrons. The van der Waals surface area contributed by atoms with Crippen molar-refractivity contribution in [3.8, 4) is 0 Å². The monoisotopic (exact) mass is 224 g/mol. The van der Waals surface area contributed by atoms with E-state index in [0.717, 1.165) is 12.8 Å². The number of carbonyl (C=O) groups excluding carboxylic acids is 2. The third kappa shape index (κ3) is 2.71. The molecule has 0 heterocycles. The summed E-state index contributed by atoms with van der Waals surface area (Å²) in [5.41, 5.74) is 0. The summed E-state index contributed by atoms with van der Waals surface area (Å²) in [6, 6.07) is 0. The van der Waals surface area contributed by atoms with Crippen molar-refractivity contribution in [2.75, 3.05) is 0 Å². The molecule has 0 aromatic carbocycles.